The zero-order chi connectivity index (χ0) is 12.3. The predicted molar refractivity (Wildman–Crippen MR) is 68.6 cm³/mol. The van der Waals surface area contributed by atoms with E-state index in [-0.39, 0.29) is 6.61 Å². The van der Waals surface area contributed by atoms with Gasteiger partial charge in [-0.05, 0) is 19.9 Å². The first-order valence-corrected chi connectivity index (χ1v) is 5.58. The summed E-state index contributed by atoms with van der Waals surface area (Å²) in [6.07, 6.45) is 0. The van der Waals surface area contributed by atoms with Gasteiger partial charge in [-0.15, -0.1) is 0 Å². The maximum absolute atomic E-state index is 9.15. The lowest BCUT2D eigenvalue weighted by molar-refractivity contribution is 0.234. The predicted octanol–water partition coefficient (Wildman–Crippen LogP) is 2.61. The quantitative estimate of drug-likeness (QED) is 0.782. The molecule has 0 bridgehead atoms. The van der Waals surface area contributed by atoms with Crippen LogP contribution >= 0.6 is 23.2 Å². The van der Waals surface area contributed by atoms with Crippen LogP contribution in [0, 0.1) is 0 Å². The molecule has 90 valence electrons. The topological polar surface area (TPSA) is 57.2 Å². The highest BCUT2D eigenvalue weighted by atomic mass is 35.5. The van der Waals surface area contributed by atoms with Gasteiger partial charge < -0.3 is 15.7 Å². The highest BCUT2D eigenvalue weighted by Crippen LogP contribution is 2.30. The molecule has 0 fully saturated rings. The van der Waals surface area contributed by atoms with E-state index in [0.717, 1.165) is 0 Å². The molecule has 0 aliphatic rings. The van der Waals surface area contributed by atoms with Gasteiger partial charge in [0.2, 0.25) is 0 Å². The first-order chi connectivity index (χ1) is 7.39. The van der Waals surface area contributed by atoms with Crippen molar-refractivity contribution in [2.75, 3.05) is 24.3 Å². The maximum atomic E-state index is 9.15. The molecule has 1 rings (SSSR count). The van der Waals surface area contributed by atoms with Gasteiger partial charge >= 0.3 is 0 Å². The van der Waals surface area contributed by atoms with Crippen molar-refractivity contribution < 1.29 is 5.11 Å². The van der Waals surface area contributed by atoms with Gasteiger partial charge in [-0.2, -0.15) is 0 Å². The van der Waals surface area contributed by atoms with Crippen LogP contribution in [0.25, 0.3) is 0 Å². The summed E-state index contributed by atoms with van der Waals surface area (Å²) in [6.45, 7) is 3.67. The number of aliphatic hydroxyl groups is 1. The summed E-state index contributed by atoms with van der Waals surface area (Å²) < 4.78 is 0. The molecule has 1 aromatic rings. The Balaban J connectivity index is 3.05. The largest absolute Gasteiger partial charge is 0.394 e. The fourth-order valence-electron chi connectivity index (χ4n) is 1.09. The van der Waals surface area contributed by atoms with Crippen LogP contribution < -0.4 is 10.6 Å². The Hall–Kier alpha value is -0.710. The smallest absolute Gasteiger partial charge is 0.147 e. The summed E-state index contributed by atoms with van der Waals surface area (Å²) in [5, 5.41) is 15.9. The van der Waals surface area contributed by atoms with Crippen molar-refractivity contribution in [1.29, 1.82) is 0 Å². The number of rotatable bonds is 4. The van der Waals surface area contributed by atoms with E-state index in [1.165, 1.54) is 0 Å². The molecular weight excluding hydrogens is 249 g/mol. The molecule has 16 heavy (non-hydrogen) atoms. The first-order valence-electron chi connectivity index (χ1n) is 4.82. The van der Waals surface area contributed by atoms with Gasteiger partial charge in [-0.3, -0.25) is 0 Å². The third-order valence-corrected chi connectivity index (χ3v) is 2.59. The summed E-state index contributed by atoms with van der Waals surface area (Å²) >= 11 is 11.9. The van der Waals surface area contributed by atoms with Gasteiger partial charge in [0.05, 0.1) is 22.2 Å². The third kappa shape index (κ3) is 3.14. The van der Waals surface area contributed by atoms with Gasteiger partial charge in [0, 0.05) is 7.05 Å². The maximum Gasteiger partial charge on any atom is 0.147 e. The van der Waals surface area contributed by atoms with E-state index in [2.05, 4.69) is 15.6 Å². The first kappa shape index (κ1) is 13.4. The molecule has 0 aliphatic carbocycles. The second-order valence-corrected chi connectivity index (χ2v) is 4.88. The Labute approximate surface area is 105 Å². The van der Waals surface area contributed by atoms with Crippen LogP contribution in [0.4, 0.5) is 11.6 Å². The number of halogens is 2. The summed E-state index contributed by atoms with van der Waals surface area (Å²) in [5.74, 6) is 1.04. The molecular formula is C10H15Cl2N3O. The van der Waals surface area contributed by atoms with Crippen molar-refractivity contribution in [1.82, 2.24) is 4.98 Å². The Morgan fingerprint density at radius 3 is 2.38 bits per heavy atom. The van der Waals surface area contributed by atoms with Gasteiger partial charge in [0.1, 0.15) is 11.6 Å². The Kier molecular flexibility index (Phi) is 4.24. The molecule has 0 amide bonds. The second kappa shape index (κ2) is 5.08. The highest BCUT2D eigenvalue weighted by Gasteiger charge is 2.19. The molecule has 1 heterocycles. The fraction of sp³-hybridized carbons (Fsp3) is 0.500. The standard InChI is InChI=1S/C10H15Cl2N3O/c1-10(2,5-16)15-9-7(12)4-6(11)8(13-3)14-9/h4,16H,5H2,1-3H3,(H2,13,14,15). The molecule has 1 aromatic heterocycles. The van der Waals surface area contributed by atoms with E-state index in [9.17, 15) is 0 Å². The number of aliphatic hydroxyl groups excluding tert-OH is 1. The molecule has 0 aromatic carbocycles. The van der Waals surface area contributed by atoms with Crippen LogP contribution in [0.2, 0.25) is 10.0 Å². The average Bonchev–Trinajstić information content (AvgIpc) is 2.22. The minimum Gasteiger partial charge on any atom is -0.394 e. The summed E-state index contributed by atoms with van der Waals surface area (Å²) in [6, 6.07) is 1.61. The molecule has 0 aliphatic heterocycles. The summed E-state index contributed by atoms with van der Waals surface area (Å²) in [5.41, 5.74) is -0.491. The van der Waals surface area contributed by atoms with E-state index in [0.29, 0.717) is 21.7 Å². The lowest BCUT2D eigenvalue weighted by Gasteiger charge is -2.25. The molecule has 0 unspecified atom stereocenters. The van der Waals surface area contributed by atoms with Crippen molar-refractivity contribution in [2.24, 2.45) is 0 Å². The van der Waals surface area contributed by atoms with Crippen molar-refractivity contribution in [3.8, 4) is 0 Å². The summed E-state index contributed by atoms with van der Waals surface area (Å²) in [7, 11) is 1.73. The van der Waals surface area contributed by atoms with E-state index < -0.39 is 5.54 Å². The monoisotopic (exact) mass is 263 g/mol. The molecule has 0 spiro atoms. The van der Waals surface area contributed by atoms with E-state index in [1.807, 2.05) is 13.8 Å². The van der Waals surface area contributed by atoms with E-state index in [4.69, 9.17) is 28.3 Å². The minimum absolute atomic E-state index is 0.0253. The molecule has 0 saturated carbocycles. The Morgan fingerprint density at radius 2 is 1.88 bits per heavy atom. The number of aromatic nitrogens is 1. The van der Waals surface area contributed by atoms with Crippen LogP contribution in [-0.2, 0) is 0 Å². The van der Waals surface area contributed by atoms with Crippen LogP contribution in [-0.4, -0.2) is 29.3 Å². The highest BCUT2D eigenvalue weighted by molar-refractivity contribution is 6.37. The molecule has 0 radical (unpaired) electrons. The number of hydrogen-bond donors (Lipinski definition) is 3. The second-order valence-electron chi connectivity index (χ2n) is 4.07. The number of pyridine rings is 1. The average molecular weight is 264 g/mol. The Bertz CT molecular complexity index is 383. The number of hydrogen-bond acceptors (Lipinski definition) is 4. The van der Waals surface area contributed by atoms with Crippen LogP contribution in [0.3, 0.4) is 0 Å². The molecule has 0 saturated heterocycles. The Morgan fingerprint density at radius 1 is 1.31 bits per heavy atom. The lowest BCUT2D eigenvalue weighted by atomic mass is 10.1. The van der Waals surface area contributed by atoms with Crippen molar-refractivity contribution in [3.05, 3.63) is 16.1 Å². The SMILES string of the molecule is CNc1nc(NC(C)(C)CO)c(Cl)cc1Cl. The number of nitrogens with one attached hydrogen (secondary N) is 2. The fourth-order valence-corrected chi connectivity index (χ4v) is 1.59. The number of anilines is 2. The van der Waals surface area contributed by atoms with E-state index in [1.54, 1.807) is 13.1 Å². The normalized spacial score (nSPS) is 11.4. The molecule has 6 heteroatoms. The molecule has 0 atom stereocenters. The van der Waals surface area contributed by atoms with Gasteiger partial charge in [-0.25, -0.2) is 4.98 Å². The van der Waals surface area contributed by atoms with Crippen LogP contribution in [0.5, 0.6) is 0 Å². The molecule has 4 nitrogen and oxygen atoms in total. The van der Waals surface area contributed by atoms with Crippen LogP contribution in [0.15, 0.2) is 6.07 Å². The van der Waals surface area contributed by atoms with E-state index >= 15 is 0 Å². The number of nitrogens with zero attached hydrogens (tertiary/aromatic N) is 1. The van der Waals surface area contributed by atoms with Gasteiger partial charge in [0.15, 0.2) is 0 Å². The lowest BCUT2D eigenvalue weighted by Crippen LogP contribution is -2.35. The van der Waals surface area contributed by atoms with Gasteiger partial charge in [-0.1, -0.05) is 23.2 Å². The zero-order valence-corrected chi connectivity index (χ0v) is 10.9. The molecule has 3 N–H and O–H groups in total. The van der Waals surface area contributed by atoms with Crippen LogP contribution in [0.1, 0.15) is 13.8 Å². The minimum atomic E-state index is -0.491. The summed E-state index contributed by atoms with van der Waals surface area (Å²) in [4.78, 5) is 4.23. The zero-order valence-electron chi connectivity index (χ0n) is 9.43. The van der Waals surface area contributed by atoms with Crippen molar-refractivity contribution in [3.63, 3.8) is 0 Å². The van der Waals surface area contributed by atoms with Crippen molar-refractivity contribution >= 4 is 34.8 Å². The van der Waals surface area contributed by atoms with Crippen molar-refractivity contribution in [2.45, 2.75) is 19.4 Å². The van der Waals surface area contributed by atoms with Gasteiger partial charge in [0.25, 0.3) is 0 Å². The third-order valence-electron chi connectivity index (χ3n) is 2.02.